The molecule has 0 saturated carbocycles. The Morgan fingerprint density at radius 2 is 2.33 bits per heavy atom. The fourth-order valence-electron chi connectivity index (χ4n) is 1.66. The predicted molar refractivity (Wildman–Crippen MR) is 46.0 cm³/mol. The lowest BCUT2D eigenvalue weighted by Crippen LogP contribution is -2.34. The summed E-state index contributed by atoms with van der Waals surface area (Å²) in [6.45, 7) is 2.82. The molecule has 2 N–H and O–H groups in total. The van der Waals surface area contributed by atoms with E-state index in [1.54, 1.807) is 11.7 Å². The topological polar surface area (TPSA) is 49.8 Å². The van der Waals surface area contributed by atoms with Gasteiger partial charge >= 0.3 is 0 Å². The molecule has 4 heteroatoms. The molecule has 1 aliphatic rings. The minimum Gasteiger partial charge on any atom is -0.310 e. The summed E-state index contributed by atoms with van der Waals surface area (Å²) < 4.78 is 1.55. The molecule has 66 valence electrons. The summed E-state index contributed by atoms with van der Waals surface area (Å²) in [5.74, 6) is 0. The van der Waals surface area contributed by atoms with Gasteiger partial charge in [0.1, 0.15) is 0 Å². The van der Waals surface area contributed by atoms with E-state index in [4.69, 9.17) is 0 Å². The number of hydrogen-bond donors (Lipinski definition) is 2. The zero-order valence-electron chi connectivity index (χ0n) is 7.35. The molecule has 1 aromatic rings. The smallest absolute Gasteiger partial charge is 0.270 e. The monoisotopic (exact) mass is 167 g/mol. The van der Waals surface area contributed by atoms with Crippen LogP contribution in [0.4, 0.5) is 0 Å². The highest BCUT2D eigenvalue weighted by Crippen LogP contribution is 2.09. The highest BCUT2D eigenvalue weighted by molar-refractivity contribution is 5.20. The van der Waals surface area contributed by atoms with Crippen molar-refractivity contribution < 1.29 is 0 Å². The fourth-order valence-corrected chi connectivity index (χ4v) is 1.66. The zero-order chi connectivity index (χ0) is 8.72. The summed E-state index contributed by atoms with van der Waals surface area (Å²) in [5.41, 5.74) is 2.09. The Labute approximate surface area is 70.6 Å². The van der Waals surface area contributed by atoms with Crippen molar-refractivity contribution in [2.75, 3.05) is 0 Å². The van der Waals surface area contributed by atoms with Gasteiger partial charge in [0, 0.05) is 31.7 Å². The lowest BCUT2D eigenvalue weighted by molar-refractivity contribution is 0.507. The van der Waals surface area contributed by atoms with E-state index in [-0.39, 0.29) is 5.56 Å². The number of nitrogens with zero attached hydrogens (tertiary/aromatic N) is 1. The molecule has 1 aliphatic heterocycles. The van der Waals surface area contributed by atoms with Crippen molar-refractivity contribution in [1.82, 2.24) is 15.1 Å². The van der Waals surface area contributed by atoms with Crippen molar-refractivity contribution in [2.45, 2.75) is 25.9 Å². The number of nitrogens with one attached hydrogen (secondary N) is 2. The molecular weight excluding hydrogens is 154 g/mol. The van der Waals surface area contributed by atoms with Gasteiger partial charge in [-0.15, -0.1) is 0 Å². The van der Waals surface area contributed by atoms with Crippen LogP contribution in [0.25, 0.3) is 0 Å². The van der Waals surface area contributed by atoms with E-state index >= 15 is 0 Å². The van der Waals surface area contributed by atoms with Crippen LogP contribution in [0.15, 0.2) is 4.79 Å². The van der Waals surface area contributed by atoms with Crippen LogP contribution < -0.4 is 10.9 Å². The number of aromatic amines is 1. The van der Waals surface area contributed by atoms with E-state index < -0.39 is 0 Å². The molecular formula is C8H13N3O. The Bertz CT molecular complexity index is 350. The molecule has 2 rings (SSSR count). The quantitative estimate of drug-likeness (QED) is 0.559. The maximum Gasteiger partial charge on any atom is 0.270 e. The van der Waals surface area contributed by atoms with Crippen LogP contribution in [0.1, 0.15) is 18.2 Å². The number of aryl methyl sites for hydroxylation is 1. The zero-order valence-corrected chi connectivity index (χ0v) is 7.35. The second-order valence-corrected chi connectivity index (χ2v) is 3.42. The van der Waals surface area contributed by atoms with Gasteiger partial charge in [0.15, 0.2) is 0 Å². The van der Waals surface area contributed by atoms with Crippen LogP contribution in [0.3, 0.4) is 0 Å². The number of fused-ring (bicyclic) bond motifs is 1. The van der Waals surface area contributed by atoms with Gasteiger partial charge in [-0.2, -0.15) is 0 Å². The van der Waals surface area contributed by atoms with Gasteiger partial charge in [0.2, 0.25) is 0 Å². The van der Waals surface area contributed by atoms with Crippen molar-refractivity contribution >= 4 is 0 Å². The van der Waals surface area contributed by atoms with Gasteiger partial charge in [-0.1, -0.05) is 0 Å². The minimum atomic E-state index is 0.101. The lowest BCUT2D eigenvalue weighted by Gasteiger charge is -2.18. The van der Waals surface area contributed by atoms with Crippen LogP contribution >= 0.6 is 0 Å². The van der Waals surface area contributed by atoms with Gasteiger partial charge in [0.25, 0.3) is 5.56 Å². The molecule has 0 aromatic carbocycles. The first kappa shape index (κ1) is 7.61. The summed E-state index contributed by atoms with van der Waals surface area (Å²) in [6.07, 6.45) is 0.922. The average molecular weight is 167 g/mol. The molecule has 12 heavy (non-hydrogen) atoms. The maximum absolute atomic E-state index is 11.4. The van der Waals surface area contributed by atoms with Crippen molar-refractivity contribution in [2.24, 2.45) is 7.05 Å². The van der Waals surface area contributed by atoms with Crippen LogP contribution in [-0.2, 0) is 20.0 Å². The molecule has 4 nitrogen and oxygen atoms in total. The number of rotatable bonds is 0. The van der Waals surface area contributed by atoms with E-state index in [1.165, 1.54) is 0 Å². The SMILES string of the molecule is CC1Cc2[nH]n(C)c(=O)c2CN1. The summed E-state index contributed by atoms with van der Waals surface area (Å²) in [7, 11) is 1.76. The predicted octanol–water partition coefficient (Wildman–Crippen LogP) is -0.252. The Hall–Kier alpha value is -1.03. The van der Waals surface area contributed by atoms with Crippen LogP contribution in [0, 0.1) is 0 Å². The first-order chi connectivity index (χ1) is 5.68. The van der Waals surface area contributed by atoms with Gasteiger partial charge in [-0.3, -0.25) is 14.6 Å². The standard InChI is InChI=1S/C8H13N3O/c1-5-3-7-6(4-9-5)8(12)11(2)10-7/h5,9-10H,3-4H2,1-2H3. The van der Waals surface area contributed by atoms with Crippen LogP contribution in [-0.4, -0.2) is 15.8 Å². The summed E-state index contributed by atoms with van der Waals surface area (Å²) in [5, 5.41) is 6.32. The first-order valence-corrected chi connectivity index (χ1v) is 4.18. The third-order valence-corrected chi connectivity index (χ3v) is 2.37. The van der Waals surface area contributed by atoms with E-state index in [0.717, 1.165) is 17.7 Å². The van der Waals surface area contributed by atoms with Gasteiger partial charge in [0.05, 0.1) is 5.56 Å². The van der Waals surface area contributed by atoms with Crippen molar-refractivity contribution in [3.8, 4) is 0 Å². The molecule has 2 heterocycles. The largest absolute Gasteiger partial charge is 0.310 e. The number of H-pyrrole nitrogens is 1. The minimum absolute atomic E-state index is 0.101. The summed E-state index contributed by atoms with van der Waals surface area (Å²) in [6, 6.07) is 0.468. The van der Waals surface area contributed by atoms with Crippen LogP contribution in [0.2, 0.25) is 0 Å². The highest BCUT2D eigenvalue weighted by atomic mass is 16.1. The molecule has 0 fully saturated rings. The van der Waals surface area contributed by atoms with Gasteiger partial charge in [-0.05, 0) is 6.92 Å². The third kappa shape index (κ3) is 0.992. The molecule has 0 radical (unpaired) electrons. The van der Waals surface area contributed by atoms with Crippen molar-refractivity contribution in [1.29, 1.82) is 0 Å². The summed E-state index contributed by atoms with van der Waals surface area (Å²) >= 11 is 0. The van der Waals surface area contributed by atoms with E-state index in [1.807, 2.05) is 0 Å². The number of aromatic nitrogens is 2. The first-order valence-electron chi connectivity index (χ1n) is 4.18. The Morgan fingerprint density at radius 3 is 3.08 bits per heavy atom. The fraction of sp³-hybridized carbons (Fsp3) is 0.625. The maximum atomic E-state index is 11.4. The van der Waals surface area contributed by atoms with Crippen LogP contribution in [0.5, 0.6) is 0 Å². The normalized spacial score (nSPS) is 22.3. The van der Waals surface area contributed by atoms with E-state index in [2.05, 4.69) is 17.3 Å². The molecule has 1 unspecified atom stereocenters. The Kier molecular flexibility index (Phi) is 1.58. The Morgan fingerprint density at radius 1 is 1.58 bits per heavy atom. The Balaban J connectivity index is 2.50. The second kappa shape index (κ2) is 2.48. The highest BCUT2D eigenvalue weighted by Gasteiger charge is 2.19. The van der Waals surface area contributed by atoms with E-state index in [0.29, 0.717) is 12.6 Å². The molecule has 0 aliphatic carbocycles. The molecule has 0 amide bonds. The van der Waals surface area contributed by atoms with Gasteiger partial charge in [-0.25, -0.2) is 0 Å². The number of hydrogen-bond acceptors (Lipinski definition) is 2. The summed E-state index contributed by atoms with van der Waals surface area (Å²) in [4.78, 5) is 11.4. The van der Waals surface area contributed by atoms with Crippen molar-refractivity contribution in [3.63, 3.8) is 0 Å². The average Bonchev–Trinajstić information content (AvgIpc) is 2.28. The molecule has 1 atom stereocenters. The lowest BCUT2D eigenvalue weighted by atomic mass is 10.0. The van der Waals surface area contributed by atoms with Crippen molar-refractivity contribution in [3.05, 3.63) is 21.6 Å². The van der Waals surface area contributed by atoms with E-state index in [9.17, 15) is 4.79 Å². The second-order valence-electron chi connectivity index (χ2n) is 3.42. The molecule has 0 spiro atoms. The molecule has 1 aromatic heterocycles. The molecule has 0 saturated heterocycles. The van der Waals surface area contributed by atoms with Gasteiger partial charge < -0.3 is 5.32 Å². The third-order valence-electron chi connectivity index (χ3n) is 2.37. The molecule has 0 bridgehead atoms.